The third-order valence-electron chi connectivity index (χ3n) is 1.20. The summed E-state index contributed by atoms with van der Waals surface area (Å²) in [4.78, 5) is 0. The SMILES string of the molecule is C=CC[N+](C)(O)CC. The number of rotatable bonds is 3. The molecule has 0 radical (unpaired) electrons. The van der Waals surface area contributed by atoms with Crippen molar-refractivity contribution >= 4 is 0 Å². The summed E-state index contributed by atoms with van der Waals surface area (Å²) in [5.41, 5.74) is 0. The van der Waals surface area contributed by atoms with E-state index in [4.69, 9.17) is 0 Å². The fourth-order valence-corrected chi connectivity index (χ4v) is 0.407. The third kappa shape index (κ3) is 2.77. The number of hydrogen-bond donors (Lipinski definition) is 1. The zero-order valence-electron chi connectivity index (χ0n) is 5.59. The van der Waals surface area contributed by atoms with Crippen LogP contribution in [0.1, 0.15) is 6.92 Å². The Morgan fingerprint density at radius 1 is 1.75 bits per heavy atom. The molecular weight excluding hydrogens is 102 g/mol. The number of hydroxylamine groups is 3. The highest BCUT2D eigenvalue weighted by Crippen LogP contribution is 1.92. The van der Waals surface area contributed by atoms with Crippen LogP contribution in [0, 0.1) is 0 Å². The highest BCUT2D eigenvalue weighted by Gasteiger charge is 2.10. The first-order valence-corrected chi connectivity index (χ1v) is 2.80. The van der Waals surface area contributed by atoms with Crippen molar-refractivity contribution in [3.63, 3.8) is 0 Å². The van der Waals surface area contributed by atoms with Crippen LogP contribution in [0.15, 0.2) is 12.7 Å². The molecule has 1 N–H and O–H groups in total. The zero-order chi connectivity index (χ0) is 6.62. The average molecular weight is 116 g/mol. The number of likely N-dealkylation sites (N-methyl/N-ethyl adjacent to an activating group) is 1. The lowest BCUT2D eigenvalue weighted by atomic mass is 10.5. The number of quaternary nitrogens is 1. The van der Waals surface area contributed by atoms with E-state index in [9.17, 15) is 5.21 Å². The highest BCUT2D eigenvalue weighted by atomic mass is 16.5. The summed E-state index contributed by atoms with van der Waals surface area (Å²) >= 11 is 0. The van der Waals surface area contributed by atoms with E-state index in [1.54, 1.807) is 13.1 Å². The summed E-state index contributed by atoms with van der Waals surface area (Å²) in [6.07, 6.45) is 1.71. The zero-order valence-corrected chi connectivity index (χ0v) is 5.59. The molecule has 0 rings (SSSR count). The topological polar surface area (TPSA) is 20.2 Å². The van der Waals surface area contributed by atoms with Gasteiger partial charge in [0.25, 0.3) is 0 Å². The van der Waals surface area contributed by atoms with Crippen molar-refractivity contribution < 1.29 is 9.85 Å². The molecule has 48 valence electrons. The number of hydrogen-bond acceptors (Lipinski definition) is 1. The molecule has 0 aliphatic rings. The molecule has 0 aromatic carbocycles. The molecule has 0 heterocycles. The molecule has 8 heavy (non-hydrogen) atoms. The number of nitrogens with zero attached hydrogens (tertiary/aromatic N) is 1. The van der Waals surface area contributed by atoms with Gasteiger partial charge in [0.15, 0.2) is 0 Å². The van der Waals surface area contributed by atoms with Gasteiger partial charge in [-0.25, -0.2) is 5.21 Å². The van der Waals surface area contributed by atoms with Crippen LogP contribution in [0.25, 0.3) is 0 Å². The van der Waals surface area contributed by atoms with Crippen molar-refractivity contribution in [2.75, 3.05) is 20.1 Å². The van der Waals surface area contributed by atoms with Crippen LogP contribution in [0.4, 0.5) is 0 Å². The molecule has 0 saturated carbocycles. The Kier molecular flexibility index (Phi) is 2.72. The summed E-state index contributed by atoms with van der Waals surface area (Å²) in [6.45, 7) is 6.80. The maximum Gasteiger partial charge on any atom is 0.127 e. The van der Waals surface area contributed by atoms with Gasteiger partial charge in [-0.15, -0.1) is 0 Å². The van der Waals surface area contributed by atoms with Gasteiger partial charge < -0.3 is 0 Å². The molecule has 0 aliphatic heterocycles. The van der Waals surface area contributed by atoms with E-state index >= 15 is 0 Å². The first-order chi connectivity index (χ1) is 3.62. The molecule has 1 atom stereocenters. The monoisotopic (exact) mass is 116 g/mol. The molecule has 0 saturated heterocycles. The van der Waals surface area contributed by atoms with Crippen molar-refractivity contribution in [2.45, 2.75) is 6.92 Å². The molecule has 0 aromatic heterocycles. The fourth-order valence-electron chi connectivity index (χ4n) is 0.407. The molecule has 0 fully saturated rings. The minimum absolute atomic E-state index is 0.0451. The van der Waals surface area contributed by atoms with Crippen molar-refractivity contribution in [3.05, 3.63) is 12.7 Å². The van der Waals surface area contributed by atoms with Gasteiger partial charge in [0.1, 0.15) is 13.1 Å². The standard InChI is InChI=1S/C6H14NO/c1-4-6-7(3,8)5-2/h4,8H,1,5-6H2,2-3H3/q+1. The first kappa shape index (κ1) is 7.66. The van der Waals surface area contributed by atoms with Crippen molar-refractivity contribution in [3.8, 4) is 0 Å². The van der Waals surface area contributed by atoms with Crippen molar-refractivity contribution in [2.24, 2.45) is 0 Å². The van der Waals surface area contributed by atoms with Crippen LogP contribution in [-0.2, 0) is 0 Å². The summed E-state index contributed by atoms with van der Waals surface area (Å²) in [5, 5.41) is 9.19. The molecule has 2 nitrogen and oxygen atoms in total. The van der Waals surface area contributed by atoms with E-state index in [-0.39, 0.29) is 4.65 Å². The maximum absolute atomic E-state index is 9.19. The Morgan fingerprint density at radius 3 is 2.38 bits per heavy atom. The molecule has 0 aliphatic carbocycles. The fraction of sp³-hybridized carbons (Fsp3) is 0.667. The second kappa shape index (κ2) is 2.84. The van der Waals surface area contributed by atoms with Crippen molar-refractivity contribution in [1.29, 1.82) is 0 Å². The van der Waals surface area contributed by atoms with Crippen LogP contribution in [0.3, 0.4) is 0 Å². The molecular formula is C6H14NO+. The van der Waals surface area contributed by atoms with Gasteiger partial charge in [-0.1, -0.05) is 6.58 Å². The normalized spacial score (nSPS) is 17.4. The molecule has 1 unspecified atom stereocenters. The second-order valence-electron chi connectivity index (χ2n) is 2.13. The van der Waals surface area contributed by atoms with Gasteiger partial charge in [-0.05, 0) is 13.0 Å². The van der Waals surface area contributed by atoms with E-state index in [0.717, 1.165) is 6.54 Å². The van der Waals surface area contributed by atoms with Gasteiger partial charge in [0.2, 0.25) is 0 Å². The van der Waals surface area contributed by atoms with E-state index in [0.29, 0.717) is 6.54 Å². The van der Waals surface area contributed by atoms with Gasteiger partial charge in [-0.3, -0.25) is 0 Å². The van der Waals surface area contributed by atoms with E-state index in [2.05, 4.69) is 6.58 Å². The van der Waals surface area contributed by atoms with Crippen LogP contribution in [0.2, 0.25) is 0 Å². The Morgan fingerprint density at radius 2 is 2.25 bits per heavy atom. The van der Waals surface area contributed by atoms with Gasteiger partial charge in [0, 0.05) is 0 Å². The van der Waals surface area contributed by atoms with Crippen LogP contribution in [0.5, 0.6) is 0 Å². The van der Waals surface area contributed by atoms with Crippen LogP contribution in [-0.4, -0.2) is 30.0 Å². The van der Waals surface area contributed by atoms with Gasteiger partial charge in [-0.2, -0.15) is 4.65 Å². The average Bonchev–Trinajstić information content (AvgIpc) is 1.67. The van der Waals surface area contributed by atoms with E-state index < -0.39 is 0 Å². The van der Waals surface area contributed by atoms with Crippen molar-refractivity contribution in [1.82, 2.24) is 0 Å². The minimum Gasteiger partial charge on any atom is -0.217 e. The summed E-state index contributed by atoms with van der Waals surface area (Å²) < 4.78 is 0.0451. The Labute approximate surface area is 50.6 Å². The second-order valence-corrected chi connectivity index (χ2v) is 2.13. The lowest BCUT2D eigenvalue weighted by Gasteiger charge is -2.21. The van der Waals surface area contributed by atoms with Crippen LogP contribution >= 0.6 is 0 Å². The van der Waals surface area contributed by atoms with Crippen LogP contribution < -0.4 is 0 Å². The molecule has 0 aromatic rings. The largest absolute Gasteiger partial charge is 0.217 e. The molecule has 0 amide bonds. The third-order valence-corrected chi connectivity index (χ3v) is 1.20. The Hall–Kier alpha value is -0.340. The minimum atomic E-state index is 0.0451. The summed E-state index contributed by atoms with van der Waals surface area (Å²) in [6, 6.07) is 0. The lowest BCUT2D eigenvalue weighted by Crippen LogP contribution is -2.39. The molecule has 0 bridgehead atoms. The van der Waals surface area contributed by atoms with Gasteiger partial charge >= 0.3 is 0 Å². The maximum atomic E-state index is 9.19. The molecule has 0 spiro atoms. The Bertz CT molecular complexity index is 78.6. The molecule has 2 heteroatoms. The Balaban J connectivity index is 3.53. The highest BCUT2D eigenvalue weighted by molar-refractivity contribution is 4.62. The lowest BCUT2D eigenvalue weighted by molar-refractivity contribution is -1.08. The quantitative estimate of drug-likeness (QED) is 0.332. The van der Waals surface area contributed by atoms with Gasteiger partial charge in [0.05, 0.1) is 7.05 Å². The smallest absolute Gasteiger partial charge is 0.127 e. The summed E-state index contributed by atoms with van der Waals surface area (Å²) in [7, 11) is 1.75. The van der Waals surface area contributed by atoms with E-state index in [1.807, 2.05) is 6.92 Å². The predicted molar refractivity (Wildman–Crippen MR) is 33.6 cm³/mol. The first-order valence-electron chi connectivity index (χ1n) is 2.80. The predicted octanol–water partition coefficient (Wildman–Crippen LogP) is 1.03. The summed E-state index contributed by atoms with van der Waals surface area (Å²) in [5.74, 6) is 0. The van der Waals surface area contributed by atoms with E-state index in [1.165, 1.54) is 0 Å².